The third-order valence-corrected chi connectivity index (χ3v) is 3.38. The van der Waals surface area contributed by atoms with Gasteiger partial charge in [0.05, 0.1) is 0 Å². The molecule has 0 saturated carbocycles. The lowest BCUT2D eigenvalue weighted by molar-refractivity contribution is -0.134. The number of hydrogen-bond acceptors (Lipinski definition) is 1. The second kappa shape index (κ2) is 4.99. The van der Waals surface area contributed by atoms with Gasteiger partial charge in [-0.1, -0.05) is 29.8 Å². The molecule has 1 heterocycles. The Labute approximate surface area is 88.8 Å². The summed E-state index contributed by atoms with van der Waals surface area (Å²) in [5, 5.41) is 0. The number of alkyl halides is 1. The highest BCUT2D eigenvalue weighted by atomic mass is 79.9. The Kier molecular flexibility index (Phi) is 4.23. The summed E-state index contributed by atoms with van der Waals surface area (Å²) in [5.41, 5.74) is 0. The summed E-state index contributed by atoms with van der Waals surface area (Å²) in [7, 11) is 0. The molecule has 0 aromatic heterocycles. The number of halogens is 1. The molecule has 0 aromatic rings. The third-order valence-electron chi connectivity index (χ3n) is 2.46. The zero-order chi connectivity index (χ0) is 9.84. The van der Waals surface area contributed by atoms with E-state index >= 15 is 0 Å². The molecule has 3 heteroatoms. The van der Waals surface area contributed by atoms with Crippen LogP contribution in [-0.2, 0) is 4.79 Å². The minimum absolute atomic E-state index is 0.145. The largest absolute Gasteiger partial charge is 0.342 e. The summed E-state index contributed by atoms with van der Waals surface area (Å²) in [6.45, 7) is 5.81. The van der Waals surface area contributed by atoms with Crippen molar-refractivity contribution >= 4 is 21.8 Å². The first-order valence-corrected chi connectivity index (χ1v) is 5.95. The zero-order valence-corrected chi connectivity index (χ0v) is 10.0. The molecule has 1 fully saturated rings. The van der Waals surface area contributed by atoms with Crippen molar-refractivity contribution in [3.8, 4) is 0 Å². The Balaban J connectivity index is 2.46. The zero-order valence-electron chi connectivity index (χ0n) is 8.42. The van der Waals surface area contributed by atoms with Crippen LogP contribution in [0.4, 0.5) is 0 Å². The van der Waals surface area contributed by atoms with Crippen molar-refractivity contribution in [3.05, 3.63) is 0 Å². The maximum Gasteiger partial charge on any atom is 0.225 e. The maximum absolute atomic E-state index is 11.7. The third kappa shape index (κ3) is 3.29. The maximum atomic E-state index is 11.7. The minimum atomic E-state index is 0.145. The SMILES string of the molecule is CC(C)C(=O)N1CCCC(Br)CC1. The van der Waals surface area contributed by atoms with Crippen LogP contribution in [0.1, 0.15) is 33.1 Å². The molecule has 1 amide bonds. The van der Waals surface area contributed by atoms with Gasteiger partial charge in [-0.15, -0.1) is 0 Å². The highest BCUT2D eigenvalue weighted by Crippen LogP contribution is 2.18. The standard InChI is InChI=1S/C10H18BrNO/c1-8(2)10(13)12-6-3-4-9(11)5-7-12/h8-9H,3-7H2,1-2H3. The highest BCUT2D eigenvalue weighted by Gasteiger charge is 2.20. The summed E-state index contributed by atoms with van der Waals surface area (Å²) in [6.07, 6.45) is 3.43. The molecule has 1 aliphatic heterocycles. The first kappa shape index (κ1) is 11.0. The number of carbonyl (C=O) groups is 1. The van der Waals surface area contributed by atoms with Crippen LogP contribution >= 0.6 is 15.9 Å². The average Bonchev–Trinajstić information content (AvgIpc) is 2.28. The van der Waals surface area contributed by atoms with E-state index in [0.29, 0.717) is 10.7 Å². The molecule has 2 nitrogen and oxygen atoms in total. The van der Waals surface area contributed by atoms with Crippen LogP contribution < -0.4 is 0 Å². The molecular formula is C10H18BrNO. The van der Waals surface area contributed by atoms with Crippen molar-refractivity contribution in [2.75, 3.05) is 13.1 Å². The Bertz CT molecular complexity index is 182. The number of hydrogen-bond donors (Lipinski definition) is 0. The van der Waals surface area contributed by atoms with Gasteiger partial charge in [-0.2, -0.15) is 0 Å². The summed E-state index contributed by atoms with van der Waals surface area (Å²) >= 11 is 3.61. The quantitative estimate of drug-likeness (QED) is 0.652. The van der Waals surface area contributed by atoms with Crippen LogP contribution in [0.15, 0.2) is 0 Å². The fraction of sp³-hybridized carbons (Fsp3) is 0.900. The van der Waals surface area contributed by atoms with Crippen molar-refractivity contribution in [3.63, 3.8) is 0 Å². The second-order valence-corrected chi connectivity index (χ2v) is 5.30. The van der Waals surface area contributed by atoms with Crippen LogP contribution in [0.3, 0.4) is 0 Å². The van der Waals surface area contributed by atoms with E-state index in [4.69, 9.17) is 0 Å². The van der Waals surface area contributed by atoms with Crippen LogP contribution in [0.2, 0.25) is 0 Å². The van der Waals surface area contributed by atoms with E-state index in [1.165, 1.54) is 6.42 Å². The average molecular weight is 248 g/mol. The first-order valence-electron chi connectivity index (χ1n) is 5.04. The smallest absolute Gasteiger partial charge is 0.225 e. The lowest BCUT2D eigenvalue weighted by Gasteiger charge is -2.22. The van der Waals surface area contributed by atoms with Gasteiger partial charge in [0.25, 0.3) is 0 Å². The number of likely N-dealkylation sites (tertiary alicyclic amines) is 1. The Hall–Kier alpha value is -0.0500. The fourth-order valence-electron chi connectivity index (χ4n) is 1.64. The van der Waals surface area contributed by atoms with Crippen LogP contribution in [-0.4, -0.2) is 28.7 Å². The van der Waals surface area contributed by atoms with E-state index < -0.39 is 0 Å². The number of carbonyl (C=O) groups excluding carboxylic acids is 1. The van der Waals surface area contributed by atoms with Gasteiger partial charge in [0.1, 0.15) is 0 Å². The van der Waals surface area contributed by atoms with Crippen molar-refractivity contribution in [1.82, 2.24) is 4.90 Å². The highest BCUT2D eigenvalue weighted by molar-refractivity contribution is 9.09. The molecule has 0 aromatic carbocycles. The van der Waals surface area contributed by atoms with Gasteiger partial charge in [-0.3, -0.25) is 4.79 Å². The summed E-state index contributed by atoms with van der Waals surface area (Å²) in [5.74, 6) is 0.452. The predicted octanol–water partition coefficient (Wildman–Crippen LogP) is 2.42. The van der Waals surface area contributed by atoms with Crippen LogP contribution in [0.25, 0.3) is 0 Å². The van der Waals surface area contributed by atoms with E-state index in [1.807, 2.05) is 18.7 Å². The van der Waals surface area contributed by atoms with Crippen molar-refractivity contribution in [2.45, 2.75) is 37.9 Å². The lowest BCUT2D eigenvalue weighted by Crippen LogP contribution is -2.35. The van der Waals surface area contributed by atoms with Gasteiger partial charge in [-0.05, 0) is 19.3 Å². The monoisotopic (exact) mass is 247 g/mol. The molecule has 1 atom stereocenters. The Morgan fingerprint density at radius 3 is 2.69 bits per heavy atom. The molecule has 0 N–H and O–H groups in total. The molecule has 1 saturated heterocycles. The van der Waals surface area contributed by atoms with Crippen molar-refractivity contribution in [1.29, 1.82) is 0 Å². The topological polar surface area (TPSA) is 20.3 Å². The van der Waals surface area contributed by atoms with Crippen molar-refractivity contribution in [2.24, 2.45) is 5.92 Å². The summed E-state index contributed by atoms with van der Waals surface area (Å²) in [6, 6.07) is 0. The normalized spacial score (nSPS) is 24.6. The van der Waals surface area contributed by atoms with E-state index in [2.05, 4.69) is 15.9 Å². The molecule has 76 valence electrons. The lowest BCUT2D eigenvalue weighted by atomic mass is 10.2. The van der Waals surface area contributed by atoms with E-state index in [0.717, 1.165) is 25.9 Å². The molecule has 1 unspecified atom stereocenters. The van der Waals surface area contributed by atoms with Gasteiger partial charge < -0.3 is 4.90 Å². The molecular weight excluding hydrogens is 230 g/mol. The minimum Gasteiger partial charge on any atom is -0.342 e. The Morgan fingerprint density at radius 1 is 1.38 bits per heavy atom. The number of nitrogens with zero attached hydrogens (tertiary/aromatic N) is 1. The first-order chi connectivity index (χ1) is 6.11. The van der Waals surface area contributed by atoms with E-state index in [1.54, 1.807) is 0 Å². The molecule has 1 rings (SSSR count). The van der Waals surface area contributed by atoms with Gasteiger partial charge in [-0.25, -0.2) is 0 Å². The van der Waals surface area contributed by atoms with Gasteiger partial charge in [0.15, 0.2) is 0 Å². The number of amides is 1. The van der Waals surface area contributed by atoms with Gasteiger partial charge in [0, 0.05) is 23.8 Å². The van der Waals surface area contributed by atoms with Gasteiger partial charge >= 0.3 is 0 Å². The van der Waals surface area contributed by atoms with Crippen LogP contribution in [0, 0.1) is 5.92 Å². The Morgan fingerprint density at radius 2 is 2.08 bits per heavy atom. The van der Waals surface area contributed by atoms with Crippen molar-refractivity contribution < 1.29 is 4.79 Å². The fourth-order valence-corrected chi connectivity index (χ4v) is 2.17. The second-order valence-electron chi connectivity index (χ2n) is 4.01. The van der Waals surface area contributed by atoms with Crippen LogP contribution in [0.5, 0.6) is 0 Å². The van der Waals surface area contributed by atoms with E-state index in [9.17, 15) is 4.79 Å². The summed E-state index contributed by atoms with van der Waals surface area (Å²) in [4.78, 5) is 14.3. The molecule has 0 radical (unpaired) electrons. The molecule has 0 bridgehead atoms. The number of rotatable bonds is 1. The molecule has 13 heavy (non-hydrogen) atoms. The van der Waals surface area contributed by atoms with E-state index in [-0.39, 0.29) is 5.92 Å². The molecule has 1 aliphatic rings. The van der Waals surface area contributed by atoms with Gasteiger partial charge in [0.2, 0.25) is 5.91 Å². The summed E-state index contributed by atoms with van der Waals surface area (Å²) < 4.78 is 0. The predicted molar refractivity (Wildman–Crippen MR) is 58.0 cm³/mol. The molecule has 0 spiro atoms. The molecule has 0 aliphatic carbocycles.